The second kappa shape index (κ2) is 6.16. The lowest BCUT2D eigenvalue weighted by Crippen LogP contribution is -2.24. The number of carbonyl (C=O) groups is 1. The zero-order valence-electron chi connectivity index (χ0n) is 10.7. The van der Waals surface area contributed by atoms with Crippen LogP contribution in [0.25, 0.3) is 0 Å². The van der Waals surface area contributed by atoms with E-state index in [-0.39, 0.29) is 5.91 Å². The molecule has 0 fully saturated rings. The maximum atomic E-state index is 12.0. The van der Waals surface area contributed by atoms with E-state index in [2.05, 4.69) is 26.2 Å². The van der Waals surface area contributed by atoms with Gasteiger partial charge < -0.3 is 10.2 Å². The molecule has 6 heteroatoms. The number of aromatic nitrogens is 1. The molecule has 100 valence electrons. The first-order valence-electron chi connectivity index (χ1n) is 5.72. The number of pyridine rings is 1. The Kier molecular flexibility index (Phi) is 4.55. The lowest BCUT2D eigenvalue weighted by molar-refractivity contribution is 0.0954. The third kappa shape index (κ3) is 3.33. The number of rotatable bonds is 4. The molecular weight excluding hydrogens is 326 g/mol. The molecule has 4 nitrogen and oxygen atoms in total. The molecule has 2 rings (SSSR count). The van der Waals surface area contributed by atoms with Gasteiger partial charge in [0.05, 0.1) is 0 Å². The number of amides is 1. The van der Waals surface area contributed by atoms with Crippen molar-refractivity contribution in [3.05, 3.63) is 44.7 Å². The van der Waals surface area contributed by atoms with Crippen molar-refractivity contribution in [3.8, 4) is 0 Å². The molecule has 0 aliphatic heterocycles. The van der Waals surface area contributed by atoms with Gasteiger partial charge >= 0.3 is 0 Å². The highest BCUT2D eigenvalue weighted by atomic mass is 79.9. The summed E-state index contributed by atoms with van der Waals surface area (Å²) in [5, 5.41) is 4.80. The molecule has 2 heterocycles. The Hall–Kier alpha value is -1.40. The van der Waals surface area contributed by atoms with E-state index >= 15 is 0 Å². The zero-order chi connectivity index (χ0) is 13.8. The molecule has 19 heavy (non-hydrogen) atoms. The van der Waals surface area contributed by atoms with E-state index in [0.717, 1.165) is 15.9 Å². The SMILES string of the molecule is CN(C)c1ncccc1CNC(=O)c1sccc1Br. The Morgan fingerprint density at radius 2 is 2.26 bits per heavy atom. The Morgan fingerprint density at radius 3 is 2.89 bits per heavy atom. The van der Waals surface area contributed by atoms with Crippen molar-refractivity contribution >= 4 is 39.0 Å². The molecule has 1 N–H and O–H groups in total. The van der Waals surface area contributed by atoms with Crippen LogP contribution < -0.4 is 10.2 Å². The fraction of sp³-hybridized carbons (Fsp3) is 0.231. The molecule has 0 spiro atoms. The van der Waals surface area contributed by atoms with Gasteiger partial charge in [-0.1, -0.05) is 6.07 Å². The van der Waals surface area contributed by atoms with Crippen molar-refractivity contribution in [2.45, 2.75) is 6.54 Å². The number of anilines is 1. The number of hydrogen-bond donors (Lipinski definition) is 1. The maximum Gasteiger partial charge on any atom is 0.262 e. The van der Waals surface area contributed by atoms with E-state index in [1.165, 1.54) is 11.3 Å². The summed E-state index contributed by atoms with van der Waals surface area (Å²) >= 11 is 4.78. The number of hydrogen-bond acceptors (Lipinski definition) is 4. The molecule has 1 amide bonds. The van der Waals surface area contributed by atoms with Gasteiger partial charge in [0.1, 0.15) is 10.7 Å². The highest BCUT2D eigenvalue weighted by molar-refractivity contribution is 9.10. The van der Waals surface area contributed by atoms with Gasteiger partial charge in [-0.25, -0.2) is 4.98 Å². The van der Waals surface area contributed by atoms with Crippen molar-refractivity contribution in [1.82, 2.24) is 10.3 Å². The van der Waals surface area contributed by atoms with Crippen molar-refractivity contribution in [2.24, 2.45) is 0 Å². The van der Waals surface area contributed by atoms with Crippen LogP contribution in [-0.2, 0) is 6.54 Å². The molecule has 0 saturated heterocycles. The van der Waals surface area contributed by atoms with Gasteiger partial charge in [0.15, 0.2) is 0 Å². The van der Waals surface area contributed by atoms with Gasteiger partial charge in [-0.05, 0) is 33.4 Å². The van der Waals surface area contributed by atoms with Crippen LogP contribution in [-0.4, -0.2) is 25.0 Å². The van der Waals surface area contributed by atoms with Gasteiger partial charge in [0.25, 0.3) is 5.91 Å². The van der Waals surface area contributed by atoms with Crippen LogP contribution >= 0.6 is 27.3 Å². The molecule has 0 unspecified atom stereocenters. The van der Waals surface area contributed by atoms with Crippen molar-refractivity contribution in [2.75, 3.05) is 19.0 Å². The minimum atomic E-state index is -0.0737. The zero-order valence-corrected chi connectivity index (χ0v) is 13.1. The Morgan fingerprint density at radius 1 is 1.47 bits per heavy atom. The van der Waals surface area contributed by atoms with Crippen LogP contribution in [0.1, 0.15) is 15.2 Å². The lowest BCUT2D eigenvalue weighted by Gasteiger charge is -2.15. The topological polar surface area (TPSA) is 45.2 Å². The van der Waals surface area contributed by atoms with Crippen LogP contribution in [0.3, 0.4) is 0 Å². The molecule has 0 aromatic carbocycles. The van der Waals surface area contributed by atoms with Crippen LogP contribution in [0.5, 0.6) is 0 Å². The summed E-state index contributed by atoms with van der Waals surface area (Å²) in [5.41, 5.74) is 0.994. The van der Waals surface area contributed by atoms with Crippen LogP contribution in [0.4, 0.5) is 5.82 Å². The smallest absolute Gasteiger partial charge is 0.262 e. The van der Waals surface area contributed by atoms with E-state index < -0.39 is 0 Å². The first-order valence-corrected chi connectivity index (χ1v) is 7.39. The van der Waals surface area contributed by atoms with E-state index in [1.54, 1.807) is 6.20 Å². The fourth-order valence-corrected chi connectivity index (χ4v) is 3.15. The van der Waals surface area contributed by atoms with E-state index in [4.69, 9.17) is 0 Å². The normalized spacial score (nSPS) is 10.3. The summed E-state index contributed by atoms with van der Waals surface area (Å²) in [7, 11) is 3.87. The van der Waals surface area contributed by atoms with Gasteiger partial charge in [-0.15, -0.1) is 11.3 Å². The molecule has 0 aliphatic carbocycles. The van der Waals surface area contributed by atoms with Gasteiger partial charge in [0.2, 0.25) is 0 Å². The standard InChI is InChI=1S/C13H14BrN3OS/c1-17(2)12-9(4-3-6-15-12)8-16-13(18)11-10(14)5-7-19-11/h3-7H,8H2,1-2H3,(H,16,18). The summed E-state index contributed by atoms with van der Waals surface area (Å²) in [6, 6.07) is 5.70. The minimum absolute atomic E-state index is 0.0737. The summed E-state index contributed by atoms with van der Waals surface area (Å²) < 4.78 is 0.828. The molecule has 0 atom stereocenters. The first-order chi connectivity index (χ1) is 9.09. The number of nitrogens with one attached hydrogen (secondary N) is 1. The van der Waals surface area contributed by atoms with Gasteiger partial charge in [-0.3, -0.25) is 4.79 Å². The van der Waals surface area contributed by atoms with E-state index in [9.17, 15) is 4.79 Å². The quantitative estimate of drug-likeness (QED) is 0.931. The molecule has 2 aromatic heterocycles. The minimum Gasteiger partial charge on any atom is -0.362 e. The van der Waals surface area contributed by atoms with Crippen molar-refractivity contribution < 1.29 is 4.79 Å². The van der Waals surface area contributed by atoms with Crippen molar-refractivity contribution in [1.29, 1.82) is 0 Å². The Bertz CT molecular complexity index is 583. The van der Waals surface area contributed by atoms with Gasteiger partial charge in [0, 0.05) is 36.9 Å². The second-order valence-electron chi connectivity index (χ2n) is 4.16. The third-order valence-electron chi connectivity index (χ3n) is 2.55. The summed E-state index contributed by atoms with van der Waals surface area (Å²) in [6.45, 7) is 0.463. The number of nitrogens with zero attached hydrogens (tertiary/aromatic N) is 2. The lowest BCUT2D eigenvalue weighted by atomic mass is 10.2. The summed E-state index contributed by atoms with van der Waals surface area (Å²) in [4.78, 5) is 18.9. The predicted molar refractivity (Wildman–Crippen MR) is 81.8 cm³/mol. The third-order valence-corrected chi connectivity index (χ3v) is 4.39. The fourth-order valence-electron chi connectivity index (χ4n) is 1.68. The van der Waals surface area contributed by atoms with Crippen LogP contribution in [0.15, 0.2) is 34.2 Å². The highest BCUT2D eigenvalue weighted by Gasteiger charge is 2.12. The highest BCUT2D eigenvalue weighted by Crippen LogP contribution is 2.22. The molecule has 0 bridgehead atoms. The molecule has 2 aromatic rings. The maximum absolute atomic E-state index is 12.0. The van der Waals surface area contributed by atoms with E-state index in [1.807, 2.05) is 42.6 Å². The largest absolute Gasteiger partial charge is 0.362 e. The van der Waals surface area contributed by atoms with Gasteiger partial charge in [-0.2, -0.15) is 0 Å². The Balaban J connectivity index is 2.07. The first kappa shape index (κ1) is 14.0. The van der Waals surface area contributed by atoms with Crippen LogP contribution in [0, 0.1) is 0 Å². The molecular formula is C13H14BrN3OS. The molecule has 0 radical (unpaired) electrons. The second-order valence-corrected chi connectivity index (χ2v) is 5.93. The number of thiophene rings is 1. The average molecular weight is 340 g/mol. The van der Waals surface area contributed by atoms with Crippen LogP contribution in [0.2, 0.25) is 0 Å². The number of carbonyl (C=O) groups excluding carboxylic acids is 1. The summed E-state index contributed by atoms with van der Waals surface area (Å²) in [5.74, 6) is 0.795. The summed E-state index contributed by atoms with van der Waals surface area (Å²) in [6.07, 6.45) is 1.75. The molecule has 0 saturated carbocycles. The monoisotopic (exact) mass is 339 g/mol. The Labute approximate surface area is 124 Å². The molecule has 0 aliphatic rings. The average Bonchev–Trinajstić information content (AvgIpc) is 2.82. The van der Waals surface area contributed by atoms with Crippen molar-refractivity contribution in [3.63, 3.8) is 0 Å². The van der Waals surface area contributed by atoms with E-state index in [0.29, 0.717) is 11.4 Å². The predicted octanol–water partition coefficient (Wildman–Crippen LogP) is 2.90. The number of halogens is 1.